The lowest BCUT2D eigenvalue weighted by Crippen LogP contribution is -2.25. The van der Waals surface area contributed by atoms with E-state index in [1.165, 1.54) is 5.56 Å². The van der Waals surface area contributed by atoms with Crippen molar-refractivity contribution in [3.8, 4) is 11.4 Å². The molecule has 0 saturated carbocycles. The zero-order valence-corrected chi connectivity index (χ0v) is 14.9. The average molecular weight is 349 g/mol. The first-order chi connectivity index (χ1) is 12.7. The number of hydrogen-bond acceptors (Lipinski definition) is 3. The number of nitrogens with zero attached hydrogens (tertiary/aromatic N) is 2. The van der Waals surface area contributed by atoms with Crippen LogP contribution in [0.5, 0.6) is 5.75 Å². The maximum atomic E-state index is 12.0. The van der Waals surface area contributed by atoms with Crippen LogP contribution < -0.4 is 10.1 Å². The summed E-state index contributed by atoms with van der Waals surface area (Å²) in [6.07, 6.45) is 5.71. The van der Waals surface area contributed by atoms with Crippen molar-refractivity contribution in [1.82, 2.24) is 15.1 Å². The van der Waals surface area contributed by atoms with Gasteiger partial charge in [0.25, 0.3) is 0 Å². The van der Waals surface area contributed by atoms with Crippen molar-refractivity contribution < 1.29 is 9.53 Å². The number of rotatable bonds is 8. The number of carbonyl (C=O) groups excluding carboxylic acids is 1. The van der Waals surface area contributed by atoms with Gasteiger partial charge >= 0.3 is 0 Å². The highest BCUT2D eigenvalue weighted by Crippen LogP contribution is 2.12. The van der Waals surface area contributed by atoms with Gasteiger partial charge in [0.1, 0.15) is 5.75 Å². The molecule has 0 fully saturated rings. The third kappa shape index (κ3) is 4.96. The third-order valence-corrected chi connectivity index (χ3v) is 4.24. The van der Waals surface area contributed by atoms with Crippen molar-refractivity contribution in [3.05, 3.63) is 78.1 Å². The summed E-state index contributed by atoms with van der Waals surface area (Å²) in [6, 6.07) is 17.9. The Kier molecular flexibility index (Phi) is 6.04. The number of methoxy groups -OCH3 is 1. The van der Waals surface area contributed by atoms with E-state index in [2.05, 4.69) is 22.5 Å². The van der Waals surface area contributed by atoms with Gasteiger partial charge in [-0.3, -0.25) is 4.79 Å². The summed E-state index contributed by atoms with van der Waals surface area (Å²) in [5, 5.41) is 7.19. The van der Waals surface area contributed by atoms with E-state index in [0.29, 0.717) is 13.0 Å². The van der Waals surface area contributed by atoms with Crippen LogP contribution in [-0.4, -0.2) is 29.3 Å². The van der Waals surface area contributed by atoms with Crippen LogP contribution in [0.15, 0.2) is 67.0 Å². The van der Waals surface area contributed by atoms with Gasteiger partial charge in [-0.1, -0.05) is 24.3 Å². The Bertz CT molecular complexity index is 809. The number of carbonyl (C=O) groups is 1. The first-order valence-corrected chi connectivity index (χ1v) is 8.73. The van der Waals surface area contributed by atoms with E-state index in [0.717, 1.165) is 29.8 Å². The molecular weight excluding hydrogens is 326 g/mol. The second kappa shape index (κ2) is 8.85. The molecule has 3 aromatic rings. The third-order valence-electron chi connectivity index (χ3n) is 4.24. The highest BCUT2D eigenvalue weighted by atomic mass is 16.5. The molecule has 1 heterocycles. The van der Waals surface area contributed by atoms with Crippen molar-refractivity contribution in [3.63, 3.8) is 0 Å². The van der Waals surface area contributed by atoms with Gasteiger partial charge in [-0.2, -0.15) is 5.10 Å². The summed E-state index contributed by atoms with van der Waals surface area (Å²) < 4.78 is 6.96. The molecule has 0 aliphatic rings. The molecule has 5 nitrogen and oxygen atoms in total. The van der Waals surface area contributed by atoms with E-state index < -0.39 is 0 Å². The molecule has 5 heteroatoms. The van der Waals surface area contributed by atoms with Crippen LogP contribution in [0.1, 0.15) is 17.5 Å². The molecule has 0 unspecified atom stereocenters. The van der Waals surface area contributed by atoms with Crippen LogP contribution >= 0.6 is 0 Å². The van der Waals surface area contributed by atoms with Crippen molar-refractivity contribution >= 4 is 5.91 Å². The normalized spacial score (nSPS) is 10.5. The van der Waals surface area contributed by atoms with Crippen molar-refractivity contribution in [1.29, 1.82) is 0 Å². The fourth-order valence-electron chi connectivity index (χ4n) is 2.72. The number of benzene rings is 2. The molecule has 1 aromatic heterocycles. The van der Waals surface area contributed by atoms with Crippen LogP contribution in [0, 0.1) is 0 Å². The molecule has 1 amide bonds. The smallest absolute Gasteiger partial charge is 0.220 e. The number of hydrogen-bond donors (Lipinski definition) is 1. The summed E-state index contributed by atoms with van der Waals surface area (Å²) >= 11 is 0. The number of amides is 1. The van der Waals surface area contributed by atoms with E-state index in [-0.39, 0.29) is 5.91 Å². The molecule has 26 heavy (non-hydrogen) atoms. The highest BCUT2D eigenvalue weighted by Gasteiger charge is 2.03. The molecule has 0 spiro atoms. The molecule has 3 rings (SSSR count). The fraction of sp³-hybridized carbons (Fsp3) is 0.238. The molecule has 2 aromatic carbocycles. The number of ether oxygens (including phenoxy) is 1. The topological polar surface area (TPSA) is 56.1 Å². The van der Waals surface area contributed by atoms with Crippen LogP contribution in [0.25, 0.3) is 5.69 Å². The van der Waals surface area contributed by atoms with Crippen molar-refractivity contribution in [2.24, 2.45) is 0 Å². The van der Waals surface area contributed by atoms with Gasteiger partial charge in [-0.05, 0) is 54.3 Å². The zero-order valence-electron chi connectivity index (χ0n) is 14.9. The lowest BCUT2D eigenvalue weighted by Gasteiger charge is -2.07. The van der Waals surface area contributed by atoms with E-state index in [1.54, 1.807) is 13.3 Å². The molecule has 0 saturated heterocycles. The second-order valence-electron chi connectivity index (χ2n) is 6.07. The lowest BCUT2D eigenvalue weighted by atomic mass is 10.1. The van der Waals surface area contributed by atoms with Gasteiger partial charge in [0.2, 0.25) is 5.91 Å². The van der Waals surface area contributed by atoms with Gasteiger partial charge in [0.05, 0.1) is 12.8 Å². The van der Waals surface area contributed by atoms with E-state index in [9.17, 15) is 4.79 Å². The molecule has 0 atom stereocenters. The quantitative estimate of drug-likeness (QED) is 0.680. The number of aryl methyl sites for hydroxylation is 1. The average Bonchev–Trinajstić information content (AvgIpc) is 3.22. The fourth-order valence-corrected chi connectivity index (χ4v) is 2.72. The van der Waals surface area contributed by atoms with Gasteiger partial charge in [0, 0.05) is 25.4 Å². The maximum absolute atomic E-state index is 12.0. The minimum Gasteiger partial charge on any atom is -0.497 e. The standard InChI is InChI=1S/C21H23N3O2/c1-26-20-10-5-17(6-11-20)7-12-21(25)22-15-13-18-3-8-19(9-4-18)24-16-2-14-23-24/h2-6,8-11,14,16H,7,12-13,15H2,1H3,(H,22,25). The Morgan fingerprint density at radius 3 is 2.38 bits per heavy atom. The van der Waals surface area contributed by atoms with Gasteiger partial charge in [-0.15, -0.1) is 0 Å². The van der Waals surface area contributed by atoms with Crippen LogP contribution in [0.2, 0.25) is 0 Å². The monoisotopic (exact) mass is 349 g/mol. The SMILES string of the molecule is COc1ccc(CCC(=O)NCCc2ccc(-n3cccn3)cc2)cc1. The Hall–Kier alpha value is -3.08. The Morgan fingerprint density at radius 1 is 1.04 bits per heavy atom. The van der Waals surface area contributed by atoms with Gasteiger partial charge in [-0.25, -0.2) is 4.68 Å². The Balaban J connectivity index is 1.39. The molecular formula is C21H23N3O2. The summed E-state index contributed by atoms with van der Waals surface area (Å²) in [7, 11) is 1.65. The Morgan fingerprint density at radius 2 is 1.73 bits per heavy atom. The predicted molar refractivity (Wildman–Crippen MR) is 102 cm³/mol. The minimum absolute atomic E-state index is 0.0778. The maximum Gasteiger partial charge on any atom is 0.220 e. The molecule has 0 bridgehead atoms. The van der Waals surface area contributed by atoms with Crippen LogP contribution in [0.4, 0.5) is 0 Å². The summed E-state index contributed by atoms with van der Waals surface area (Å²) in [6.45, 7) is 0.641. The number of nitrogens with one attached hydrogen (secondary N) is 1. The molecule has 0 aliphatic carbocycles. The van der Waals surface area contributed by atoms with Gasteiger partial charge < -0.3 is 10.1 Å². The van der Waals surface area contributed by atoms with Gasteiger partial charge in [0.15, 0.2) is 0 Å². The minimum atomic E-state index is 0.0778. The molecule has 0 aliphatic heterocycles. The second-order valence-corrected chi connectivity index (χ2v) is 6.07. The predicted octanol–water partition coefficient (Wildman–Crippen LogP) is 3.17. The molecule has 134 valence electrons. The van der Waals surface area contributed by atoms with E-state index >= 15 is 0 Å². The van der Waals surface area contributed by atoms with Crippen LogP contribution in [0.3, 0.4) is 0 Å². The van der Waals surface area contributed by atoms with Crippen molar-refractivity contribution in [2.45, 2.75) is 19.3 Å². The first kappa shape index (κ1) is 17.7. The first-order valence-electron chi connectivity index (χ1n) is 8.73. The number of aromatic nitrogens is 2. The van der Waals surface area contributed by atoms with Crippen LogP contribution in [-0.2, 0) is 17.6 Å². The molecule has 0 radical (unpaired) electrons. The van der Waals surface area contributed by atoms with E-state index in [1.807, 2.05) is 53.3 Å². The summed E-state index contributed by atoms with van der Waals surface area (Å²) in [4.78, 5) is 12.0. The Labute approximate surface area is 153 Å². The molecule has 1 N–H and O–H groups in total. The van der Waals surface area contributed by atoms with Crippen molar-refractivity contribution in [2.75, 3.05) is 13.7 Å². The lowest BCUT2D eigenvalue weighted by molar-refractivity contribution is -0.121. The zero-order chi connectivity index (χ0) is 18.2. The highest BCUT2D eigenvalue weighted by molar-refractivity contribution is 5.76. The largest absolute Gasteiger partial charge is 0.497 e. The summed E-state index contributed by atoms with van der Waals surface area (Å²) in [5.41, 5.74) is 3.36. The van der Waals surface area contributed by atoms with E-state index in [4.69, 9.17) is 4.74 Å². The summed E-state index contributed by atoms with van der Waals surface area (Å²) in [5.74, 6) is 0.908.